The van der Waals surface area contributed by atoms with E-state index in [1.165, 1.54) is 12.8 Å². The zero-order chi connectivity index (χ0) is 7.23. The average Bonchev–Trinajstić information content (AvgIpc) is 2.03. The van der Waals surface area contributed by atoms with E-state index in [1.54, 1.807) is 12.4 Å². The van der Waals surface area contributed by atoms with Crippen LogP contribution in [0, 0.1) is 0 Å². The molecular formula is C8H12N2Na. The minimum Gasteiger partial charge on any atom is -0.261 e. The largest absolute Gasteiger partial charge is 0.261 e. The van der Waals surface area contributed by atoms with Gasteiger partial charge in [-0.05, 0) is 12.8 Å². The third-order valence-corrected chi connectivity index (χ3v) is 1.40. The van der Waals surface area contributed by atoms with Crippen LogP contribution in [0.4, 0.5) is 0 Å². The second-order valence-electron chi connectivity index (χ2n) is 2.30. The van der Waals surface area contributed by atoms with Crippen LogP contribution in [0.1, 0.15) is 25.5 Å². The smallest absolute Gasteiger partial charge is 0.0586 e. The molecule has 0 aromatic carbocycles. The van der Waals surface area contributed by atoms with Crippen LogP contribution in [-0.2, 0) is 6.42 Å². The molecule has 0 aliphatic heterocycles. The molecule has 1 heterocycles. The number of hydrogen-bond donors (Lipinski definition) is 0. The van der Waals surface area contributed by atoms with Gasteiger partial charge in [0.1, 0.15) is 0 Å². The van der Waals surface area contributed by atoms with E-state index in [4.69, 9.17) is 0 Å². The number of rotatable bonds is 3. The van der Waals surface area contributed by atoms with Crippen LogP contribution in [0.5, 0.6) is 0 Å². The third-order valence-electron chi connectivity index (χ3n) is 1.40. The second kappa shape index (κ2) is 6.77. The van der Waals surface area contributed by atoms with E-state index in [-0.39, 0.29) is 29.6 Å². The maximum atomic E-state index is 4.15. The first-order chi connectivity index (χ1) is 4.93. The SMILES string of the molecule is CCCCc1cnccn1.[Na]. The van der Waals surface area contributed by atoms with Crippen molar-refractivity contribution in [1.29, 1.82) is 0 Å². The minimum absolute atomic E-state index is 0. The van der Waals surface area contributed by atoms with Gasteiger partial charge in [0.25, 0.3) is 0 Å². The Morgan fingerprint density at radius 3 is 2.73 bits per heavy atom. The van der Waals surface area contributed by atoms with Gasteiger partial charge in [0, 0.05) is 48.1 Å². The number of aryl methyl sites for hydroxylation is 1. The number of unbranched alkanes of at least 4 members (excludes halogenated alkanes) is 1. The molecule has 0 aliphatic carbocycles. The molecule has 1 aromatic heterocycles. The molecule has 1 radical (unpaired) electrons. The van der Waals surface area contributed by atoms with Gasteiger partial charge in [-0.25, -0.2) is 0 Å². The van der Waals surface area contributed by atoms with Crippen molar-refractivity contribution in [2.24, 2.45) is 0 Å². The Bertz CT molecular complexity index is 177. The Morgan fingerprint density at radius 2 is 2.18 bits per heavy atom. The average molecular weight is 159 g/mol. The van der Waals surface area contributed by atoms with Gasteiger partial charge in [-0.15, -0.1) is 0 Å². The molecule has 0 saturated carbocycles. The fourth-order valence-electron chi connectivity index (χ4n) is 0.817. The molecule has 3 heteroatoms. The van der Waals surface area contributed by atoms with Gasteiger partial charge in [0.2, 0.25) is 0 Å². The summed E-state index contributed by atoms with van der Waals surface area (Å²) in [6.45, 7) is 2.18. The summed E-state index contributed by atoms with van der Waals surface area (Å²) in [4.78, 5) is 8.13. The summed E-state index contributed by atoms with van der Waals surface area (Å²) in [5.74, 6) is 0. The van der Waals surface area contributed by atoms with Crippen molar-refractivity contribution in [1.82, 2.24) is 9.97 Å². The van der Waals surface area contributed by atoms with Crippen molar-refractivity contribution in [3.8, 4) is 0 Å². The zero-order valence-corrected chi connectivity index (χ0v) is 9.25. The number of nitrogens with zero attached hydrogens (tertiary/aromatic N) is 2. The van der Waals surface area contributed by atoms with Crippen LogP contribution >= 0.6 is 0 Å². The minimum atomic E-state index is 0. The maximum absolute atomic E-state index is 4.15. The topological polar surface area (TPSA) is 25.8 Å². The Morgan fingerprint density at radius 1 is 1.36 bits per heavy atom. The standard InChI is InChI=1S/C8H12N2.Na/c1-2-3-4-8-7-9-5-6-10-8;/h5-7H,2-4H2,1H3;. The maximum Gasteiger partial charge on any atom is 0.0586 e. The first-order valence-electron chi connectivity index (χ1n) is 3.68. The molecule has 11 heavy (non-hydrogen) atoms. The summed E-state index contributed by atoms with van der Waals surface area (Å²) in [6, 6.07) is 0. The summed E-state index contributed by atoms with van der Waals surface area (Å²) >= 11 is 0. The Balaban J connectivity index is 0.000001000. The van der Waals surface area contributed by atoms with E-state index in [1.807, 2.05) is 6.20 Å². The Hall–Kier alpha value is 0.0800. The van der Waals surface area contributed by atoms with Gasteiger partial charge in [-0.2, -0.15) is 0 Å². The predicted molar refractivity (Wildman–Crippen MR) is 46.4 cm³/mol. The van der Waals surface area contributed by atoms with Crippen molar-refractivity contribution in [3.63, 3.8) is 0 Å². The first kappa shape index (κ1) is 11.1. The summed E-state index contributed by atoms with van der Waals surface area (Å²) in [5.41, 5.74) is 1.10. The summed E-state index contributed by atoms with van der Waals surface area (Å²) < 4.78 is 0. The van der Waals surface area contributed by atoms with Crippen molar-refractivity contribution in [2.45, 2.75) is 26.2 Å². The molecule has 0 spiro atoms. The molecule has 2 nitrogen and oxygen atoms in total. The van der Waals surface area contributed by atoms with E-state index in [2.05, 4.69) is 16.9 Å². The molecule has 1 aromatic rings. The first-order valence-corrected chi connectivity index (χ1v) is 3.68. The molecule has 0 amide bonds. The molecule has 55 valence electrons. The van der Waals surface area contributed by atoms with Gasteiger partial charge in [0.15, 0.2) is 0 Å². The third kappa shape index (κ3) is 4.51. The van der Waals surface area contributed by atoms with E-state index in [0.717, 1.165) is 12.1 Å². The van der Waals surface area contributed by atoms with Gasteiger partial charge in [-0.1, -0.05) is 13.3 Å². The van der Waals surface area contributed by atoms with Crippen LogP contribution in [0.25, 0.3) is 0 Å². The van der Waals surface area contributed by atoms with Crippen LogP contribution in [0.15, 0.2) is 18.6 Å². The monoisotopic (exact) mass is 159 g/mol. The quantitative estimate of drug-likeness (QED) is 0.623. The predicted octanol–water partition coefficient (Wildman–Crippen LogP) is 1.44. The van der Waals surface area contributed by atoms with Gasteiger partial charge in [0.05, 0.1) is 5.69 Å². The van der Waals surface area contributed by atoms with E-state index in [9.17, 15) is 0 Å². The number of hydrogen-bond acceptors (Lipinski definition) is 2. The van der Waals surface area contributed by atoms with Crippen molar-refractivity contribution in [2.75, 3.05) is 0 Å². The van der Waals surface area contributed by atoms with E-state index < -0.39 is 0 Å². The fraction of sp³-hybridized carbons (Fsp3) is 0.500. The normalized spacial score (nSPS) is 8.82. The summed E-state index contributed by atoms with van der Waals surface area (Å²) in [7, 11) is 0. The van der Waals surface area contributed by atoms with Crippen molar-refractivity contribution < 1.29 is 0 Å². The molecule has 0 fully saturated rings. The number of aromatic nitrogens is 2. The van der Waals surface area contributed by atoms with Crippen molar-refractivity contribution >= 4 is 29.6 Å². The van der Waals surface area contributed by atoms with Crippen LogP contribution < -0.4 is 0 Å². The van der Waals surface area contributed by atoms with Gasteiger partial charge in [-0.3, -0.25) is 9.97 Å². The fourth-order valence-corrected chi connectivity index (χ4v) is 0.817. The van der Waals surface area contributed by atoms with E-state index >= 15 is 0 Å². The molecular weight excluding hydrogens is 147 g/mol. The Kier molecular flexibility index (Phi) is 6.82. The van der Waals surface area contributed by atoms with Crippen LogP contribution in [0.2, 0.25) is 0 Å². The molecule has 0 unspecified atom stereocenters. The van der Waals surface area contributed by atoms with Crippen LogP contribution in [-0.4, -0.2) is 39.5 Å². The summed E-state index contributed by atoms with van der Waals surface area (Å²) in [5, 5.41) is 0. The second-order valence-corrected chi connectivity index (χ2v) is 2.30. The molecule has 0 saturated heterocycles. The van der Waals surface area contributed by atoms with Crippen molar-refractivity contribution in [3.05, 3.63) is 24.3 Å². The summed E-state index contributed by atoms with van der Waals surface area (Å²) in [6.07, 6.45) is 8.76. The van der Waals surface area contributed by atoms with Crippen LogP contribution in [0.3, 0.4) is 0 Å². The van der Waals surface area contributed by atoms with Gasteiger partial charge >= 0.3 is 0 Å². The molecule has 0 bridgehead atoms. The molecule has 0 atom stereocenters. The van der Waals surface area contributed by atoms with E-state index in [0.29, 0.717) is 0 Å². The molecule has 0 N–H and O–H groups in total. The molecule has 1 rings (SSSR count). The zero-order valence-electron chi connectivity index (χ0n) is 7.25. The molecule has 0 aliphatic rings. The van der Waals surface area contributed by atoms with Gasteiger partial charge < -0.3 is 0 Å². The Labute approximate surface area is 89.7 Å².